The molecule has 0 saturated carbocycles. The molecule has 5 aromatic rings. The number of aliphatic imine (C=N–C) groups is 1. The zero-order valence-electron chi connectivity index (χ0n) is 19.8. The molecule has 2 heterocycles. The lowest BCUT2D eigenvalue weighted by Crippen LogP contribution is -2.44. The standard InChI is InChI=1S/C32H22N2O2S/c35-25-18-15-22(16-19-25)29-28-26-14-8-7-9-21(26)17-20-27(28)37-31-33-32(30(36)34(29)31,23-10-3-1-4-11-23)24-12-5-2-6-13-24/h1-20,29,35H. The zero-order chi connectivity index (χ0) is 25.0. The number of phenolic OH excluding ortho intramolecular Hbond substituents is 1. The van der Waals surface area contributed by atoms with E-state index in [0.717, 1.165) is 37.9 Å². The Kier molecular flexibility index (Phi) is 4.94. The topological polar surface area (TPSA) is 52.9 Å². The average Bonchev–Trinajstić information content (AvgIpc) is 3.26. The highest BCUT2D eigenvalue weighted by atomic mass is 32.2. The number of amides is 1. The highest BCUT2D eigenvalue weighted by Crippen LogP contribution is 2.53. The molecule has 5 aromatic carbocycles. The molecule has 0 fully saturated rings. The average molecular weight is 499 g/mol. The van der Waals surface area contributed by atoms with Crippen molar-refractivity contribution >= 4 is 33.6 Å². The molecule has 37 heavy (non-hydrogen) atoms. The number of thioether (sulfide) groups is 1. The molecule has 1 amide bonds. The van der Waals surface area contributed by atoms with Crippen molar-refractivity contribution in [2.75, 3.05) is 0 Å². The molecule has 178 valence electrons. The molecule has 0 bridgehead atoms. The fraction of sp³-hybridized carbons (Fsp3) is 0.0625. The summed E-state index contributed by atoms with van der Waals surface area (Å²) in [6.07, 6.45) is 0. The van der Waals surface area contributed by atoms with Crippen molar-refractivity contribution in [1.82, 2.24) is 4.90 Å². The molecule has 2 aliphatic heterocycles. The van der Waals surface area contributed by atoms with E-state index < -0.39 is 5.54 Å². The molecule has 0 aromatic heterocycles. The Morgan fingerprint density at radius 1 is 0.730 bits per heavy atom. The van der Waals surface area contributed by atoms with E-state index in [9.17, 15) is 9.90 Å². The highest BCUT2D eigenvalue weighted by Gasteiger charge is 2.55. The zero-order valence-corrected chi connectivity index (χ0v) is 20.6. The van der Waals surface area contributed by atoms with Gasteiger partial charge < -0.3 is 5.11 Å². The first-order valence-corrected chi connectivity index (χ1v) is 13.0. The number of amidine groups is 1. The fourth-order valence-electron chi connectivity index (χ4n) is 5.55. The molecule has 0 aliphatic carbocycles. The van der Waals surface area contributed by atoms with Gasteiger partial charge in [0.15, 0.2) is 10.7 Å². The molecular weight excluding hydrogens is 476 g/mol. The summed E-state index contributed by atoms with van der Waals surface area (Å²) in [4.78, 5) is 23.0. The first-order valence-electron chi connectivity index (χ1n) is 12.2. The second kappa shape index (κ2) is 8.36. The van der Waals surface area contributed by atoms with Crippen molar-refractivity contribution in [2.24, 2.45) is 4.99 Å². The minimum absolute atomic E-state index is 0.0796. The first kappa shape index (κ1) is 21.9. The Morgan fingerprint density at radius 3 is 2.03 bits per heavy atom. The molecule has 0 saturated heterocycles. The smallest absolute Gasteiger partial charge is 0.266 e. The Balaban J connectivity index is 1.51. The maximum atomic E-state index is 14.8. The number of carbonyl (C=O) groups excluding carboxylic acids is 1. The third kappa shape index (κ3) is 3.24. The molecule has 0 spiro atoms. The van der Waals surface area contributed by atoms with Crippen LogP contribution in [0.25, 0.3) is 10.8 Å². The van der Waals surface area contributed by atoms with Gasteiger partial charge in [0.1, 0.15) is 5.75 Å². The SMILES string of the molecule is O=C1N2C(=NC1(c1ccccc1)c1ccccc1)Sc1ccc3ccccc3c1C2c1ccc(O)cc1. The number of rotatable bonds is 3. The maximum Gasteiger partial charge on any atom is 0.266 e. The van der Waals surface area contributed by atoms with Crippen LogP contribution in [0.5, 0.6) is 5.75 Å². The van der Waals surface area contributed by atoms with E-state index in [-0.39, 0.29) is 17.7 Å². The quantitative estimate of drug-likeness (QED) is 0.295. The summed E-state index contributed by atoms with van der Waals surface area (Å²) in [6.45, 7) is 0. The van der Waals surface area contributed by atoms with Crippen LogP contribution in [0.4, 0.5) is 0 Å². The van der Waals surface area contributed by atoms with E-state index >= 15 is 0 Å². The second-order valence-corrected chi connectivity index (χ2v) is 10.3. The molecule has 7 rings (SSSR count). The van der Waals surface area contributed by atoms with Gasteiger partial charge in [-0.1, -0.05) is 115 Å². The second-order valence-electron chi connectivity index (χ2n) is 9.31. The number of hydrogen-bond donors (Lipinski definition) is 1. The van der Waals surface area contributed by atoms with Gasteiger partial charge in [-0.15, -0.1) is 0 Å². The Hall–Kier alpha value is -4.35. The van der Waals surface area contributed by atoms with Crippen molar-refractivity contribution in [3.63, 3.8) is 0 Å². The number of nitrogens with zero attached hydrogens (tertiary/aromatic N) is 2. The van der Waals surface area contributed by atoms with Gasteiger partial charge in [-0.2, -0.15) is 0 Å². The lowest BCUT2D eigenvalue weighted by molar-refractivity contribution is -0.131. The van der Waals surface area contributed by atoms with Gasteiger partial charge in [-0.3, -0.25) is 9.69 Å². The first-order chi connectivity index (χ1) is 18.2. The van der Waals surface area contributed by atoms with E-state index in [1.54, 1.807) is 23.9 Å². The van der Waals surface area contributed by atoms with E-state index in [4.69, 9.17) is 4.99 Å². The molecule has 1 unspecified atom stereocenters. The van der Waals surface area contributed by atoms with Crippen LogP contribution in [-0.4, -0.2) is 21.1 Å². The van der Waals surface area contributed by atoms with Gasteiger partial charge in [0.2, 0.25) is 0 Å². The largest absolute Gasteiger partial charge is 0.508 e. The predicted octanol–water partition coefficient (Wildman–Crippen LogP) is 6.88. The molecule has 5 heteroatoms. The predicted molar refractivity (Wildman–Crippen MR) is 148 cm³/mol. The summed E-state index contributed by atoms with van der Waals surface area (Å²) in [6, 6.07) is 39.0. The summed E-state index contributed by atoms with van der Waals surface area (Å²) >= 11 is 1.55. The van der Waals surface area contributed by atoms with Crippen LogP contribution in [0.15, 0.2) is 131 Å². The summed E-state index contributed by atoms with van der Waals surface area (Å²) in [5, 5.41) is 12.9. The van der Waals surface area contributed by atoms with E-state index in [1.165, 1.54) is 0 Å². The maximum absolute atomic E-state index is 14.8. The van der Waals surface area contributed by atoms with Crippen LogP contribution in [0.1, 0.15) is 28.3 Å². The molecule has 4 nitrogen and oxygen atoms in total. The van der Waals surface area contributed by atoms with Gasteiger partial charge >= 0.3 is 0 Å². The van der Waals surface area contributed by atoms with Crippen LogP contribution in [-0.2, 0) is 10.3 Å². The lowest BCUT2D eigenvalue weighted by Gasteiger charge is -2.37. The number of benzene rings is 5. The minimum atomic E-state index is -1.18. The van der Waals surface area contributed by atoms with Gasteiger partial charge in [0.25, 0.3) is 5.91 Å². The van der Waals surface area contributed by atoms with Crippen molar-refractivity contribution in [2.45, 2.75) is 16.5 Å². The number of carbonyl (C=O) groups is 1. The fourth-order valence-corrected chi connectivity index (χ4v) is 6.69. The number of fused-ring (bicyclic) bond motifs is 4. The minimum Gasteiger partial charge on any atom is -0.508 e. The van der Waals surface area contributed by atoms with E-state index in [0.29, 0.717) is 5.17 Å². The van der Waals surface area contributed by atoms with Crippen molar-refractivity contribution in [1.29, 1.82) is 0 Å². The van der Waals surface area contributed by atoms with E-state index in [2.05, 4.69) is 24.3 Å². The van der Waals surface area contributed by atoms with Crippen molar-refractivity contribution in [3.8, 4) is 5.75 Å². The van der Waals surface area contributed by atoms with Gasteiger partial charge in [-0.05, 0) is 45.7 Å². The highest BCUT2D eigenvalue weighted by molar-refractivity contribution is 8.14. The molecule has 1 N–H and O–H groups in total. The summed E-state index contributed by atoms with van der Waals surface area (Å²) in [5.41, 5.74) is 2.50. The van der Waals surface area contributed by atoms with Gasteiger partial charge in [0, 0.05) is 10.5 Å². The van der Waals surface area contributed by atoms with Crippen LogP contribution in [0.2, 0.25) is 0 Å². The monoisotopic (exact) mass is 498 g/mol. The normalized spacial score (nSPS) is 17.8. The van der Waals surface area contributed by atoms with Crippen LogP contribution in [0, 0.1) is 0 Å². The number of aromatic hydroxyl groups is 1. The Morgan fingerprint density at radius 2 is 1.35 bits per heavy atom. The number of phenols is 1. The van der Waals surface area contributed by atoms with Crippen LogP contribution >= 0.6 is 11.8 Å². The molecule has 0 radical (unpaired) electrons. The van der Waals surface area contributed by atoms with Crippen LogP contribution in [0.3, 0.4) is 0 Å². The van der Waals surface area contributed by atoms with E-state index in [1.807, 2.05) is 89.8 Å². The van der Waals surface area contributed by atoms with Gasteiger partial charge in [-0.25, -0.2) is 4.99 Å². The molecule has 2 aliphatic rings. The third-order valence-corrected chi connectivity index (χ3v) is 8.30. The third-order valence-electron chi connectivity index (χ3n) is 7.25. The van der Waals surface area contributed by atoms with Gasteiger partial charge in [0.05, 0.1) is 6.04 Å². The summed E-state index contributed by atoms with van der Waals surface area (Å²) < 4.78 is 0. The van der Waals surface area contributed by atoms with Crippen molar-refractivity contribution < 1.29 is 9.90 Å². The number of hydrogen-bond acceptors (Lipinski definition) is 4. The summed E-state index contributed by atoms with van der Waals surface area (Å²) in [7, 11) is 0. The Bertz CT molecular complexity index is 1640. The molecule has 1 atom stereocenters. The van der Waals surface area contributed by atoms with Crippen LogP contribution < -0.4 is 0 Å². The summed E-state index contributed by atoms with van der Waals surface area (Å²) in [5.74, 6) is 0.112. The molecular formula is C32H22N2O2S. The van der Waals surface area contributed by atoms with Crippen molar-refractivity contribution in [3.05, 3.63) is 144 Å². The Labute approximate surface area is 218 Å². The lowest BCUT2D eigenvalue weighted by atomic mass is 9.82.